The summed E-state index contributed by atoms with van der Waals surface area (Å²) in [7, 11) is 0. The van der Waals surface area contributed by atoms with Crippen molar-refractivity contribution < 1.29 is 14.6 Å². The van der Waals surface area contributed by atoms with Gasteiger partial charge < -0.3 is 24.4 Å². The number of nitrogens with zero attached hydrogens (tertiary/aromatic N) is 2. The van der Waals surface area contributed by atoms with Crippen molar-refractivity contribution in [2.24, 2.45) is 0 Å². The van der Waals surface area contributed by atoms with Crippen LogP contribution in [0.1, 0.15) is 83.5 Å². The number of aliphatic hydroxyl groups is 1. The zero-order chi connectivity index (χ0) is 25.8. The lowest BCUT2D eigenvalue weighted by atomic mass is 10.1. The first-order valence-electron chi connectivity index (χ1n) is 14.3. The van der Waals surface area contributed by atoms with Gasteiger partial charge in [0.15, 0.2) is 0 Å². The van der Waals surface area contributed by atoms with E-state index in [4.69, 9.17) is 9.47 Å². The summed E-state index contributed by atoms with van der Waals surface area (Å²) in [5.74, 6) is 1.73. The number of aliphatic hydroxyl groups excluding tert-OH is 1. The quantitative estimate of drug-likeness (QED) is 0.238. The molecule has 0 unspecified atom stereocenters. The predicted octanol–water partition coefficient (Wildman–Crippen LogP) is 6.53. The highest BCUT2D eigenvalue weighted by molar-refractivity contribution is 5.80. The summed E-state index contributed by atoms with van der Waals surface area (Å²) in [4.78, 5) is 5.04. The number of hydrogen-bond donors (Lipinski definition) is 1. The van der Waals surface area contributed by atoms with Gasteiger partial charge in [-0.1, -0.05) is 39.8 Å². The van der Waals surface area contributed by atoms with Gasteiger partial charge in [0, 0.05) is 13.1 Å². The topological polar surface area (TPSA) is 45.2 Å². The fourth-order valence-corrected chi connectivity index (χ4v) is 5.25. The summed E-state index contributed by atoms with van der Waals surface area (Å²) in [5.41, 5.74) is 4.00. The fourth-order valence-electron chi connectivity index (χ4n) is 5.25. The van der Waals surface area contributed by atoms with E-state index in [0.717, 1.165) is 85.9 Å². The third kappa shape index (κ3) is 7.96. The maximum atomic E-state index is 10.9. The van der Waals surface area contributed by atoms with E-state index in [1.165, 1.54) is 25.7 Å². The molecule has 1 aliphatic rings. The molecule has 36 heavy (non-hydrogen) atoms. The van der Waals surface area contributed by atoms with Crippen LogP contribution in [0.3, 0.4) is 0 Å². The highest BCUT2D eigenvalue weighted by Gasteiger charge is 2.28. The van der Waals surface area contributed by atoms with E-state index in [-0.39, 0.29) is 0 Å². The summed E-state index contributed by atoms with van der Waals surface area (Å²) in [5, 5.41) is 10.9. The van der Waals surface area contributed by atoms with Gasteiger partial charge >= 0.3 is 0 Å². The standard InChI is InChI=1S/C31H48N2O3/c1-5-15-32(16-6-2)19-9-21-35-25-11-13-27-29(23-25)30-24-26(12-14-28(30)31(27)34)36-22-10-20-33(17-7-3)18-8-4/h11-14,23-24,31,34H,5-10,15-22H2,1-4H3. The number of hydrogen-bond acceptors (Lipinski definition) is 5. The van der Waals surface area contributed by atoms with Crippen LogP contribution in [0.5, 0.6) is 11.5 Å². The molecule has 0 amide bonds. The monoisotopic (exact) mass is 496 g/mol. The Kier molecular flexibility index (Phi) is 12.1. The number of benzene rings is 2. The molecular weight excluding hydrogens is 448 g/mol. The molecule has 2 aromatic rings. The molecule has 0 fully saturated rings. The zero-order valence-electron chi connectivity index (χ0n) is 23.1. The molecule has 0 saturated carbocycles. The number of fused-ring (bicyclic) bond motifs is 3. The van der Waals surface area contributed by atoms with Gasteiger partial charge in [-0.3, -0.25) is 0 Å². The molecule has 5 heteroatoms. The Labute approximate surface area is 219 Å². The molecule has 3 rings (SSSR count). The molecule has 0 aromatic heterocycles. The summed E-state index contributed by atoms with van der Waals surface area (Å²) >= 11 is 0. The van der Waals surface area contributed by atoms with Gasteiger partial charge in [-0.15, -0.1) is 0 Å². The van der Waals surface area contributed by atoms with Gasteiger partial charge in [0.05, 0.1) is 13.2 Å². The van der Waals surface area contributed by atoms with Crippen LogP contribution in [0.25, 0.3) is 11.1 Å². The fraction of sp³-hybridized carbons (Fsp3) is 0.613. The van der Waals surface area contributed by atoms with Crippen LogP contribution in [0.15, 0.2) is 36.4 Å². The van der Waals surface area contributed by atoms with Crippen LogP contribution >= 0.6 is 0 Å². The zero-order valence-corrected chi connectivity index (χ0v) is 23.1. The molecule has 2 aromatic carbocycles. The lowest BCUT2D eigenvalue weighted by Crippen LogP contribution is -2.27. The Morgan fingerprint density at radius 3 is 1.36 bits per heavy atom. The van der Waals surface area contributed by atoms with Crippen molar-refractivity contribution in [1.82, 2.24) is 9.80 Å². The maximum Gasteiger partial charge on any atom is 0.119 e. The van der Waals surface area contributed by atoms with Crippen LogP contribution < -0.4 is 9.47 Å². The average Bonchev–Trinajstić information content (AvgIpc) is 3.15. The summed E-state index contributed by atoms with van der Waals surface area (Å²) in [6.45, 7) is 17.1. The molecule has 1 N–H and O–H groups in total. The predicted molar refractivity (Wildman–Crippen MR) is 150 cm³/mol. The second kappa shape index (κ2) is 15.2. The van der Waals surface area contributed by atoms with Crippen molar-refractivity contribution in [2.75, 3.05) is 52.5 Å². The number of ether oxygens (including phenoxy) is 2. The molecule has 0 saturated heterocycles. The minimum atomic E-state index is -0.591. The third-order valence-electron chi connectivity index (χ3n) is 6.86. The lowest BCUT2D eigenvalue weighted by Gasteiger charge is -2.20. The normalized spacial score (nSPS) is 12.9. The molecule has 0 aliphatic heterocycles. The highest BCUT2D eigenvalue weighted by Crippen LogP contribution is 2.46. The molecule has 1 aliphatic carbocycles. The van der Waals surface area contributed by atoms with E-state index >= 15 is 0 Å². The summed E-state index contributed by atoms with van der Waals surface area (Å²) in [6, 6.07) is 12.1. The summed E-state index contributed by atoms with van der Waals surface area (Å²) < 4.78 is 12.2. The Hall–Kier alpha value is -2.08. The molecule has 5 nitrogen and oxygen atoms in total. The van der Waals surface area contributed by atoms with Crippen molar-refractivity contribution in [3.05, 3.63) is 47.5 Å². The van der Waals surface area contributed by atoms with Crippen molar-refractivity contribution >= 4 is 0 Å². The first-order chi connectivity index (χ1) is 17.6. The van der Waals surface area contributed by atoms with Crippen LogP contribution in [-0.2, 0) is 0 Å². The molecule has 0 bridgehead atoms. The minimum absolute atomic E-state index is 0.591. The smallest absolute Gasteiger partial charge is 0.119 e. The Balaban J connectivity index is 1.57. The maximum absolute atomic E-state index is 10.9. The Morgan fingerprint density at radius 1 is 0.611 bits per heavy atom. The van der Waals surface area contributed by atoms with Crippen molar-refractivity contribution in [3.8, 4) is 22.6 Å². The van der Waals surface area contributed by atoms with Crippen LogP contribution in [-0.4, -0.2) is 67.4 Å². The summed E-state index contributed by atoms with van der Waals surface area (Å²) in [6.07, 6.45) is 6.20. The molecular formula is C31H48N2O3. The van der Waals surface area contributed by atoms with E-state index in [0.29, 0.717) is 13.2 Å². The molecule has 0 radical (unpaired) electrons. The first-order valence-corrected chi connectivity index (χ1v) is 14.3. The van der Waals surface area contributed by atoms with Gasteiger partial charge in [-0.05, 0) is 111 Å². The average molecular weight is 497 g/mol. The second-order valence-corrected chi connectivity index (χ2v) is 9.99. The van der Waals surface area contributed by atoms with Crippen molar-refractivity contribution in [3.63, 3.8) is 0 Å². The Bertz CT molecular complexity index is 831. The lowest BCUT2D eigenvalue weighted by molar-refractivity contribution is 0.224. The van der Waals surface area contributed by atoms with Crippen molar-refractivity contribution in [2.45, 2.75) is 72.3 Å². The first kappa shape index (κ1) is 28.5. The van der Waals surface area contributed by atoms with E-state index in [2.05, 4.69) is 49.6 Å². The molecule has 0 spiro atoms. The number of rotatable bonds is 18. The highest BCUT2D eigenvalue weighted by atomic mass is 16.5. The van der Waals surface area contributed by atoms with E-state index in [1.54, 1.807) is 0 Å². The largest absolute Gasteiger partial charge is 0.494 e. The molecule has 0 heterocycles. The van der Waals surface area contributed by atoms with Gasteiger partial charge in [0.1, 0.15) is 17.6 Å². The minimum Gasteiger partial charge on any atom is -0.494 e. The van der Waals surface area contributed by atoms with Crippen LogP contribution in [0.2, 0.25) is 0 Å². The second-order valence-electron chi connectivity index (χ2n) is 9.99. The van der Waals surface area contributed by atoms with E-state index < -0.39 is 6.10 Å². The molecule has 200 valence electrons. The van der Waals surface area contributed by atoms with Crippen LogP contribution in [0, 0.1) is 0 Å². The van der Waals surface area contributed by atoms with Gasteiger partial charge in [-0.2, -0.15) is 0 Å². The van der Waals surface area contributed by atoms with Gasteiger partial charge in [0.2, 0.25) is 0 Å². The van der Waals surface area contributed by atoms with Crippen molar-refractivity contribution in [1.29, 1.82) is 0 Å². The van der Waals surface area contributed by atoms with Gasteiger partial charge in [0.25, 0.3) is 0 Å². The van der Waals surface area contributed by atoms with Gasteiger partial charge in [-0.25, -0.2) is 0 Å². The van der Waals surface area contributed by atoms with E-state index in [1.807, 2.05) is 24.3 Å². The third-order valence-corrected chi connectivity index (χ3v) is 6.86. The Morgan fingerprint density at radius 2 is 1.00 bits per heavy atom. The molecule has 0 atom stereocenters. The van der Waals surface area contributed by atoms with Crippen LogP contribution in [0.4, 0.5) is 0 Å². The van der Waals surface area contributed by atoms with E-state index in [9.17, 15) is 5.11 Å². The SMILES string of the molecule is CCCN(CCC)CCCOc1ccc2c(c1)-c1cc(OCCCN(CCC)CCC)ccc1C2O.